The number of hydrogen-bond acceptors (Lipinski definition) is 3. The molecule has 0 unspecified atom stereocenters. The maximum atomic E-state index is 2.42. The van der Waals surface area contributed by atoms with Crippen LogP contribution >= 0.6 is 11.8 Å². The molecule has 0 fully saturated rings. The van der Waals surface area contributed by atoms with Crippen LogP contribution in [0.25, 0.3) is 24.3 Å². The molecule has 0 saturated carbocycles. The lowest BCUT2D eigenvalue weighted by atomic mass is 9.73. The second-order valence-corrected chi connectivity index (χ2v) is 14.3. The number of benzene rings is 6. The molecule has 0 amide bonds. The zero-order valence-electron chi connectivity index (χ0n) is 27.8. The van der Waals surface area contributed by atoms with Crippen molar-refractivity contribution in [3.05, 3.63) is 172 Å². The smallest absolute Gasteiger partial charge is 0.0534 e. The topological polar surface area (TPSA) is 6.48 Å². The van der Waals surface area contributed by atoms with Crippen molar-refractivity contribution in [1.82, 2.24) is 0 Å². The van der Waals surface area contributed by atoms with E-state index in [0.717, 1.165) is 0 Å². The van der Waals surface area contributed by atoms with Crippen LogP contribution in [0.3, 0.4) is 0 Å². The van der Waals surface area contributed by atoms with Crippen molar-refractivity contribution in [2.45, 2.75) is 36.0 Å². The van der Waals surface area contributed by atoms with Gasteiger partial charge in [0.2, 0.25) is 0 Å². The van der Waals surface area contributed by atoms with Gasteiger partial charge in [0.1, 0.15) is 0 Å². The summed E-state index contributed by atoms with van der Waals surface area (Å²) in [6.45, 7) is 6.91. The molecule has 2 aliphatic heterocycles. The molecule has 0 atom stereocenters. The second kappa shape index (κ2) is 12.1. The zero-order valence-corrected chi connectivity index (χ0v) is 28.6. The standard InChI is InChI=1S/C45H38N2S/c1-31-13-5-6-14-32(31)21-24-35-17-9-12-20-44(35)48-37-26-28-43-39(30-37)45(2,3)38-29-36(25-27-42(38)46(43)4)47-40-18-10-7-15-33(40)22-23-34-16-8-11-19-41(34)47/h5-30H,1-4H3/b24-21-. The van der Waals surface area contributed by atoms with Crippen LogP contribution in [-0.2, 0) is 5.41 Å². The molecular weight excluding hydrogens is 601 g/mol. The van der Waals surface area contributed by atoms with Crippen LogP contribution in [0.2, 0.25) is 0 Å². The lowest BCUT2D eigenvalue weighted by Gasteiger charge is -2.41. The molecule has 2 aliphatic rings. The maximum Gasteiger partial charge on any atom is 0.0534 e. The molecule has 234 valence electrons. The molecule has 0 aromatic heterocycles. The van der Waals surface area contributed by atoms with Gasteiger partial charge in [-0.1, -0.05) is 129 Å². The van der Waals surface area contributed by atoms with E-state index < -0.39 is 0 Å². The number of rotatable bonds is 5. The Kier molecular flexibility index (Phi) is 7.58. The van der Waals surface area contributed by atoms with Crippen molar-refractivity contribution in [3.63, 3.8) is 0 Å². The minimum atomic E-state index is -0.211. The fourth-order valence-corrected chi connectivity index (χ4v) is 8.11. The van der Waals surface area contributed by atoms with Crippen molar-refractivity contribution in [2.24, 2.45) is 0 Å². The van der Waals surface area contributed by atoms with Crippen molar-refractivity contribution >= 4 is 64.5 Å². The number of fused-ring (bicyclic) bond motifs is 4. The summed E-state index contributed by atoms with van der Waals surface area (Å²) < 4.78 is 0. The number of aryl methyl sites for hydroxylation is 1. The van der Waals surface area contributed by atoms with E-state index in [0.29, 0.717) is 0 Å². The molecule has 48 heavy (non-hydrogen) atoms. The Morgan fingerprint density at radius 1 is 0.562 bits per heavy atom. The van der Waals surface area contributed by atoms with E-state index in [4.69, 9.17) is 0 Å². The van der Waals surface area contributed by atoms with Crippen molar-refractivity contribution in [1.29, 1.82) is 0 Å². The van der Waals surface area contributed by atoms with Gasteiger partial charge < -0.3 is 9.80 Å². The highest BCUT2D eigenvalue weighted by Gasteiger charge is 2.36. The summed E-state index contributed by atoms with van der Waals surface area (Å²) >= 11 is 1.84. The molecule has 0 bridgehead atoms. The molecule has 0 aliphatic carbocycles. The van der Waals surface area contributed by atoms with E-state index in [2.05, 4.69) is 195 Å². The summed E-state index contributed by atoms with van der Waals surface area (Å²) in [6.07, 6.45) is 8.94. The first-order valence-electron chi connectivity index (χ1n) is 16.6. The average Bonchev–Trinajstić information content (AvgIpc) is 3.28. The van der Waals surface area contributed by atoms with Gasteiger partial charge in [-0.25, -0.2) is 0 Å². The molecule has 2 heterocycles. The molecule has 2 nitrogen and oxygen atoms in total. The van der Waals surface area contributed by atoms with Gasteiger partial charge in [0.25, 0.3) is 0 Å². The highest BCUT2D eigenvalue weighted by atomic mass is 32.2. The Morgan fingerprint density at radius 3 is 1.83 bits per heavy atom. The summed E-state index contributed by atoms with van der Waals surface area (Å²) in [7, 11) is 2.20. The normalized spacial score (nSPS) is 14.2. The molecule has 8 rings (SSSR count). The summed E-state index contributed by atoms with van der Waals surface area (Å²) in [5.74, 6) is 0. The van der Waals surface area contributed by atoms with E-state index in [1.165, 1.54) is 77.2 Å². The Morgan fingerprint density at radius 2 is 1.12 bits per heavy atom. The summed E-state index contributed by atoms with van der Waals surface area (Å²) in [5, 5.41) is 0. The third-order valence-corrected chi connectivity index (χ3v) is 10.9. The van der Waals surface area contributed by atoms with Crippen molar-refractivity contribution in [3.8, 4) is 0 Å². The highest BCUT2D eigenvalue weighted by molar-refractivity contribution is 7.99. The molecule has 6 aromatic carbocycles. The average molecular weight is 639 g/mol. The van der Waals surface area contributed by atoms with Gasteiger partial charge >= 0.3 is 0 Å². The maximum absolute atomic E-state index is 2.42. The van der Waals surface area contributed by atoms with Crippen LogP contribution < -0.4 is 9.80 Å². The van der Waals surface area contributed by atoms with E-state index >= 15 is 0 Å². The lowest BCUT2D eigenvalue weighted by molar-refractivity contribution is 0.627. The van der Waals surface area contributed by atoms with Crippen molar-refractivity contribution < 1.29 is 0 Å². The number of nitrogens with zero attached hydrogens (tertiary/aromatic N) is 2. The van der Waals surface area contributed by atoms with Crippen LogP contribution in [0.4, 0.5) is 28.4 Å². The Balaban J connectivity index is 1.17. The highest BCUT2D eigenvalue weighted by Crippen LogP contribution is 2.52. The van der Waals surface area contributed by atoms with Gasteiger partial charge in [-0.05, 0) is 100 Å². The third-order valence-electron chi connectivity index (χ3n) is 9.85. The monoisotopic (exact) mass is 638 g/mol. The molecule has 6 aromatic rings. The van der Waals surface area contributed by atoms with E-state index in [1.807, 2.05) is 11.8 Å². The Bertz CT molecular complexity index is 2190. The summed E-state index contributed by atoms with van der Waals surface area (Å²) in [4.78, 5) is 7.27. The van der Waals surface area contributed by atoms with Gasteiger partial charge in [0, 0.05) is 39.3 Å². The Hall–Kier alpha value is -5.25. The van der Waals surface area contributed by atoms with E-state index in [1.54, 1.807) is 0 Å². The number of para-hydroxylation sites is 2. The van der Waals surface area contributed by atoms with Crippen LogP contribution in [0.15, 0.2) is 143 Å². The van der Waals surface area contributed by atoms with Gasteiger partial charge in [0.05, 0.1) is 11.4 Å². The number of anilines is 5. The summed E-state index contributed by atoms with van der Waals surface area (Å²) in [6, 6.07) is 48.6. The second-order valence-electron chi connectivity index (χ2n) is 13.2. The van der Waals surface area contributed by atoms with Crippen molar-refractivity contribution in [2.75, 3.05) is 16.8 Å². The number of hydrogen-bond donors (Lipinski definition) is 0. The molecule has 0 saturated heterocycles. The predicted molar refractivity (Wildman–Crippen MR) is 207 cm³/mol. The SMILES string of the molecule is Cc1ccccc1/C=C\c1ccccc1Sc1ccc2c(c1)C(C)(C)c1cc(N3c4ccccc4C=Cc4ccccc43)ccc1N2C. The molecule has 0 radical (unpaired) electrons. The Labute approximate surface area is 288 Å². The lowest BCUT2D eigenvalue weighted by Crippen LogP contribution is -2.31. The van der Waals surface area contributed by atoms with Gasteiger partial charge in [-0.2, -0.15) is 0 Å². The first-order valence-corrected chi connectivity index (χ1v) is 17.4. The van der Waals surface area contributed by atoms with Gasteiger partial charge in [-0.3, -0.25) is 0 Å². The van der Waals surface area contributed by atoms with Gasteiger partial charge in [-0.15, -0.1) is 0 Å². The van der Waals surface area contributed by atoms with Crippen LogP contribution in [-0.4, -0.2) is 7.05 Å². The zero-order chi connectivity index (χ0) is 32.8. The predicted octanol–water partition coefficient (Wildman–Crippen LogP) is 12.7. The van der Waals surface area contributed by atoms with Gasteiger partial charge in [0.15, 0.2) is 0 Å². The largest absolute Gasteiger partial charge is 0.344 e. The van der Waals surface area contributed by atoms with E-state index in [9.17, 15) is 0 Å². The van der Waals surface area contributed by atoms with Crippen LogP contribution in [0, 0.1) is 6.92 Å². The minimum Gasteiger partial charge on any atom is -0.344 e. The first kappa shape index (κ1) is 30.1. The van der Waals surface area contributed by atoms with Crippen LogP contribution in [0.5, 0.6) is 0 Å². The summed E-state index contributed by atoms with van der Waals surface area (Å²) in [5.41, 5.74) is 14.7. The molecular formula is C45H38N2S. The molecule has 3 heteroatoms. The fraction of sp³-hybridized carbons (Fsp3) is 0.111. The quantitative estimate of drug-likeness (QED) is 0.173. The third kappa shape index (κ3) is 5.25. The van der Waals surface area contributed by atoms with Crippen LogP contribution in [0.1, 0.15) is 52.8 Å². The van der Waals surface area contributed by atoms with E-state index in [-0.39, 0.29) is 5.41 Å². The minimum absolute atomic E-state index is 0.211. The molecule has 0 N–H and O–H groups in total. The fourth-order valence-electron chi connectivity index (χ4n) is 7.15. The molecule has 0 spiro atoms. The first-order chi connectivity index (χ1) is 23.4.